The van der Waals surface area contributed by atoms with Gasteiger partial charge in [-0.05, 0) is 66.2 Å². The topological polar surface area (TPSA) is 55.5 Å². The van der Waals surface area contributed by atoms with Crippen molar-refractivity contribution in [1.29, 1.82) is 0 Å². The van der Waals surface area contributed by atoms with Gasteiger partial charge in [0, 0.05) is 17.8 Å². The van der Waals surface area contributed by atoms with Gasteiger partial charge in [0.15, 0.2) is 0 Å². The number of fused-ring (bicyclic) bond motifs is 1. The molecule has 1 aliphatic rings. The first-order valence-corrected chi connectivity index (χ1v) is 9.89. The number of aromatic nitrogens is 3. The first kappa shape index (κ1) is 20.5. The minimum absolute atomic E-state index is 0.0539. The number of halogens is 3. The van der Waals surface area contributed by atoms with E-state index in [1.807, 2.05) is 0 Å². The maximum atomic E-state index is 14.0. The Morgan fingerprint density at radius 2 is 1.79 bits per heavy atom. The molecule has 0 amide bonds. The third-order valence-corrected chi connectivity index (χ3v) is 5.05. The van der Waals surface area contributed by atoms with Crippen molar-refractivity contribution < 1.29 is 17.9 Å². The zero-order chi connectivity index (χ0) is 22.9. The molecule has 33 heavy (non-hydrogen) atoms. The number of rotatable bonds is 5. The predicted molar refractivity (Wildman–Crippen MR) is 119 cm³/mol. The van der Waals surface area contributed by atoms with Crippen LogP contribution in [0.2, 0.25) is 0 Å². The molecule has 1 aliphatic heterocycles. The van der Waals surface area contributed by atoms with Gasteiger partial charge in [0.1, 0.15) is 17.3 Å². The van der Waals surface area contributed by atoms with Gasteiger partial charge in [0.2, 0.25) is 0 Å². The van der Waals surface area contributed by atoms with Crippen molar-refractivity contribution in [3.8, 4) is 11.4 Å². The van der Waals surface area contributed by atoms with Crippen molar-refractivity contribution in [2.75, 3.05) is 5.01 Å². The van der Waals surface area contributed by atoms with Crippen LogP contribution < -0.4 is 9.75 Å². The zero-order valence-electron chi connectivity index (χ0n) is 17.1. The molecule has 4 aromatic rings. The van der Waals surface area contributed by atoms with Crippen LogP contribution in [0.1, 0.15) is 5.69 Å². The maximum absolute atomic E-state index is 14.0. The van der Waals surface area contributed by atoms with E-state index in [-0.39, 0.29) is 11.6 Å². The zero-order valence-corrected chi connectivity index (χ0v) is 17.1. The van der Waals surface area contributed by atoms with Crippen LogP contribution in [0.4, 0.5) is 18.9 Å². The fourth-order valence-electron chi connectivity index (χ4n) is 3.55. The Balaban J connectivity index is 1.54. The van der Waals surface area contributed by atoms with Crippen molar-refractivity contribution in [1.82, 2.24) is 14.8 Å². The molecule has 0 bridgehead atoms. The highest BCUT2D eigenvalue weighted by Gasteiger charge is 2.20. The SMILES string of the molecule is C=C1C=CN(c2ccc(OC(F)F)cc2)N=C1c1ccnn1-c1ccnc2ccc(F)cc12. The first-order chi connectivity index (χ1) is 16.0. The Bertz CT molecular complexity index is 1410. The first-order valence-electron chi connectivity index (χ1n) is 9.89. The number of hydrogen-bond donors (Lipinski definition) is 0. The number of pyridine rings is 1. The highest BCUT2D eigenvalue weighted by Crippen LogP contribution is 2.27. The van der Waals surface area contributed by atoms with Crippen LogP contribution in [-0.4, -0.2) is 27.1 Å². The summed E-state index contributed by atoms with van der Waals surface area (Å²) in [5, 5.41) is 11.3. The number of ether oxygens (including phenoxy) is 1. The number of hydrazone groups is 1. The van der Waals surface area contributed by atoms with Gasteiger partial charge >= 0.3 is 6.61 Å². The highest BCUT2D eigenvalue weighted by atomic mass is 19.3. The molecule has 0 unspecified atom stereocenters. The summed E-state index contributed by atoms with van der Waals surface area (Å²) in [7, 11) is 0. The Morgan fingerprint density at radius 3 is 2.58 bits per heavy atom. The lowest BCUT2D eigenvalue weighted by Crippen LogP contribution is -2.21. The molecule has 0 fully saturated rings. The van der Waals surface area contributed by atoms with E-state index >= 15 is 0 Å². The summed E-state index contributed by atoms with van der Waals surface area (Å²) in [6.07, 6.45) is 6.75. The van der Waals surface area contributed by atoms with Gasteiger partial charge in [0.25, 0.3) is 0 Å². The van der Waals surface area contributed by atoms with Crippen molar-refractivity contribution in [3.05, 3.63) is 103 Å². The molecule has 0 N–H and O–H groups in total. The van der Waals surface area contributed by atoms with Crippen molar-refractivity contribution in [2.45, 2.75) is 6.61 Å². The van der Waals surface area contributed by atoms with Crippen LogP contribution in [0.5, 0.6) is 5.75 Å². The van der Waals surface area contributed by atoms with Gasteiger partial charge in [-0.2, -0.15) is 19.0 Å². The minimum atomic E-state index is -2.89. The van der Waals surface area contributed by atoms with E-state index in [1.165, 1.54) is 24.3 Å². The van der Waals surface area contributed by atoms with Gasteiger partial charge in [-0.25, -0.2) is 14.1 Å². The second kappa shape index (κ2) is 8.27. The fraction of sp³-hybridized carbons (Fsp3) is 0.0417. The molecular weight excluding hydrogens is 431 g/mol. The van der Waals surface area contributed by atoms with Crippen LogP contribution in [0.15, 0.2) is 96.5 Å². The van der Waals surface area contributed by atoms with Gasteiger partial charge in [0.05, 0.1) is 28.8 Å². The number of benzene rings is 2. The van der Waals surface area contributed by atoms with E-state index in [2.05, 4.69) is 26.5 Å². The summed E-state index contributed by atoms with van der Waals surface area (Å²) in [4.78, 5) is 4.29. The van der Waals surface area contributed by atoms with Crippen LogP contribution in [0.25, 0.3) is 16.6 Å². The smallest absolute Gasteiger partial charge is 0.387 e. The molecule has 3 heterocycles. The minimum Gasteiger partial charge on any atom is -0.435 e. The fourth-order valence-corrected chi connectivity index (χ4v) is 3.55. The van der Waals surface area contributed by atoms with E-state index in [4.69, 9.17) is 0 Å². The lowest BCUT2D eigenvalue weighted by molar-refractivity contribution is -0.0498. The average Bonchev–Trinajstić information content (AvgIpc) is 3.28. The van der Waals surface area contributed by atoms with Gasteiger partial charge in [-0.1, -0.05) is 6.58 Å². The number of alkyl halides is 2. The van der Waals surface area contributed by atoms with E-state index in [1.54, 1.807) is 64.7 Å². The van der Waals surface area contributed by atoms with Crippen LogP contribution >= 0.6 is 0 Å². The monoisotopic (exact) mass is 447 g/mol. The van der Waals surface area contributed by atoms with Crippen LogP contribution in [-0.2, 0) is 0 Å². The Morgan fingerprint density at radius 1 is 0.970 bits per heavy atom. The molecule has 2 aromatic heterocycles. The Labute approximate surface area is 186 Å². The van der Waals surface area contributed by atoms with E-state index in [0.717, 1.165) is 0 Å². The molecule has 9 heteroatoms. The number of anilines is 1. The molecule has 0 atom stereocenters. The third-order valence-electron chi connectivity index (χ3n) is 5.05. The number of allylic oxidation sites excluding steroid dienone is 2. The lowest BCUT2D eigenvalue weighted by Gasteiger charge is -2.22. The molecule has 0 spiro atoms. The summed E-state index contributed by atoms with van der Waals surface area (Å²) in [5.41, 5.74) is 3.75. The average molecular weight is 447 g/mol. The second-order valence-electron chi connectivity index (χ2n) is 7.13. The van der Waals surface area contributed by atoms with Crippen molar-refractivity contribution in [2.24, 2.45) is 5.10 Å². The molecule has 5 rings (SSSR count). The highest BCUT2D eigenvalue weighted by molar-refractivity contribution is 6.14. The normalized spacial score (nSPS) is 13.6. The van der Waals surface area contributed by atoms with Crippen LogP contribution in [0, 0.1) is 5.82 Å². The van der Waals surface area contributed by atoms with E-state index in [9.17, 15) is 13.2 Å². The molecule has 0 saturated heterocycles. The van der Waals surface area contributed by atoms with Gasteiger partial charge in [-0.3, -0.25) is 4.98 Å². The van der Waals surface area contributed by atoms with Crippen molar-refractivity contribution >= 4 is 22.3 Å². The lowest BCUT2D eigenvalue weighted by atomic mass is 10.1. The Hall–Kier alpha value is -4.40. The molecular formula is C24H16F3N5O. The largest absolute Gasteiger partial charge is 0.435 e. The summed E-state index contributed by atoms with van der Waals surface area (Å²) in [6.45, 7) is 1.18. The van der Waals surface area contributed by atoms with Crippen LogP contribution in [0.3, 0.4) is 0 Å². The molecule has 0 saturated carbocycles. The van der Waals surface area contributed by atoms with Gasteiger partial charge < -0.3 is 4.74 Å². The van der Waals surface area contributed by atoms with Gasteiger partial charge in [-0.15, -0.1) is 0 Å². The molecule has 6 nitrogen and oxygen atoms in total. The maximum Gasteiger partial charge on any atom is 0.387 e. The summed E-state index contributed by atoms with van der Waals surface area (Å²) >= 11 is 0. The standard InChI is InChI=1S/C24H16F3N5O/c1-15-10-13-31(17-3-5-18(6-4-17)33-24(26)27)30-23(15)22-9-12-29-32(22)21-8-11-28-20-7-2-16(25)14-19(20)21/h2-14,24H,1H2. The number of nitrogens with zero attached hydrogens (tertiary/aromatic N) is 5. The van der Waals surface area contributed by atoms with E-state index < -0.39 is 6.61 Å². The number of hydrogen-bond acceptors (Lipinski definition) is 5. The predicted octanol–water partition coefficient (Wildman–Crippen LogP) is 5.46. The molecule has 0 radical (unpaired) electrons. The quantitative estimate of drug-likeness (QED) is 0.408. The summed E-state index contributed by atoms with van der Waals surface area (Å²) in [5.74, 6) is -0.323. The third kappa shape index (κ3) is 3.96. The molecule has 2 aromatic carbocycles. The Kier molecular flexibility index (Phi) is 5.14. The van der Waals surface area contributed by atoms with E-state index in [0.29, 0.717) is 39.3 Å². The second-order valence-corrected chi connectivity index (χ2v) is 7.13. The molecule has 0 aliphatic carbocycles. The summed E-state index contributed by atoms with van der Waals surface area (Å²) < 4.78 is 44.8. The summed E-state index contributed by atoms with van der Waals surface area (Å²) in [6, 6.07) is 14.0. The molecule has 164 valence electrons. The van der Waals surface area contributed by atoms with Crippen molar-refractivity contribution in [3.63, 3.8) is 0 Å².